The lowest BCUT2D eigenvalue weighted by Gasteiger charge is -2.26. The average molecular weight is 514 g/mol. The predicted molar refractivity (Wildman–Crippen MR) is 135 cm³/mol. The summed E-state index contributed by atoms with van der Waals surface area (Å²) in [5.74, 6) is -1.09. The number of aromatic nitrogens is 2. The van der Waals surface area contributed by atoms with Gasteiger partial charge in [-0.05, 0) is 36.5 Å². The van der Waals surface area contributed by atoms with Crippen LogP contribution in [0.25, 0.3) is 0 Å². The Labute approximate surface area is 211 Å². The molecule has 9 heteroatoms. The quantitative estimate of drug-likeness (QED) is 0.400. The van der Waals surface area contributed by atoms with E-state index in [1.807, 2.05) is 19.9 Å². The lowest BCUT2D eigenvalue weighted by molar-refractivity contribution is 0.0497. The Hall–Kier alpha value is -3.04. The SMILES string of the molecule is CC(C)Cn1c(CN(CC2CCCO2)C(=O)c2ccccc2F)cnc1S(=O)(=O)Cc1ccccc1. The fourth-order valence-electron chi connectivity index (χ4n) is 4.44. The van der Waals surface area contributed by atoms with Gasteiger partial charge in [0.1, 0.15) is 5.82 Å². The zero-order valence-corrected chi connectivity index (χ0v) is 21.5. The second-order valence-electron chi connectivity index (χ2n) is 9.58. The normalized spacial score (nSPS) is 15.9. The Morgan fingerprint density at radius 1 is 1.17 bits per heavy atom. The molecule has 4 rings (SSSR count). The molecular weight excluding hydrogens is 481 g/mol. The summed E-state index contributed by atoms with van der Waals surface area (Å²) in [5.41, 5.74) is 1.23. The van der Waals surface area contributed by atoms with Crippen molar-refractivity contribution in [3.63, 3.8) is 0 Å². The molecule has 0 N–H and O–H groups in total. The van der Waals surface area contributed by atoms with Crippen LogP contribution in [0.15, 0.2) is 66.0 Å². The first-order chi connectivity index (χ1) is 17.2. The number of imidazole rings is 1. The molecule has 1 saturated heterocycles. The molecule has 1 unspecified atom stereocenters. The van der Waals surface area contributed by atoms with E-state index in [0.717, 1.165) is 12.8 Å². The van der Waals surface area contributed by atoms with Gasteiger partial charge in [-0.1, -0.05) is 56.3 Å². The molecule has 1 aliphatic heterocycles. The van der Waals surface area contributed by atoms with Crippen LogP contribution in [0.1, 0.15) is 48.3 Å². The van der Waals surface area contributed by atoms with Crippen LogP contribution in [0.3, 0.4) is 0 Å². The van der Waals surface area contributed by atoms with Crippen LogP contribution in [0, 0.1) is 11.7 Å². The highest BCUT2D eigenvalue weighted by Crippen LogP contribution is 2.23. The van der Waals surface area contributed by atoms with Crippen molar-refractivity contribution < 1.29 is 22.3 Å². The van der Waals surface area contributed by atoms with E-state index in [1.54, 1.807) is 34.9 Å². The summed E-state index contributed by atoms with van der Waals surface area (Å²) in [6, 6.07) is 14.9. The van der Waals surface area contributed by atoms with Gasteiger partial charge in [0.05, 0.1) is 35.9 Å². The number of halogens is 1. The number of carbonyl (C=O) groups is 1. The lowest BCUT2D eigenvalue weighted by Crippen LogP contribution is -2.38. The highest BCUT2D eigenvalue weighted by molar-refractivity contribution is 7.90. The first-order valence-electron chi connectivity index (χ1n) is 12.2. The van der Waals surface area contributed by atoms with E-state index in [4.69, 9.17) is 4.74 Å². The molecular formula is C27H32FN3O4S. The third kappa shape index (κ3) is 6.20. The van der Waals surface area contributed by atoms with E-state index in [-0.39, 0.29) is 41.6 Å². The number of nitrogens with zero attached hydrogens (tertiary/aromatic N) is 3. The largest absolute Gasteiger partial charge is 0.376 e. The van der Waals surface area contributed by atoms with Crippen molar-refractivity contribution in [3.8, 4) is 0 Å². The maximum atomic E-state index is 14.5. The van der Waals surface area contributed by atoms with Crippen molar-refractivity contribution >= 4 is 15.7 Å². The van der Waals surface area contributed by atoms with Gasteiger partial charge < -0.3 is 14.2 Å². The van der Waals surface area contributed by atoms with Crippen molar-refractivity contribution in [2.45, 2.75) is 56.8 Å². The van der Waals surface area contributed by atoms with Crippen LogP contribution >= 0.6 is 0 Å². The molecule has 1 amide bonds. The van der Waals surface area contributed by atoms with E-state index in [0.29, 0.717) is 24.4 Å². The number of rotatable bonds is 10. The van der Waals surface area contributed by atoms with Gasteiger partial charge in [-0.25, -0.2) is 17.8 Å². The van der Waals surface area contributed by atoms with Crippen LogP contribution < -0.4 is 0 Å². The first kappa shape index (κ1) is 26.0. The molecule has 1 aromatic heterocycles. The number of hydrogen-bond donors (Lipinski definition) is 0. The molecule has 1 aliphatic rings. The average Bonchev–Trinajstić information content (AvgIpc) is 3.49. The zero-order valence-electron chi connectivity index (χ0n) is 20.6. The standard InChI is InChI=1S/C27H32FN3O4S/c1-20(2)16-31-22(15-29-27(31)36(33,34)19-21-9-4-3-5-10-21)17-30(18-23-11-8-14-35-23)26(32)24-12-6-7-13-25(24)28/h3-7,9-10,12-13,15,20,23H,8,11,14,16-19H2,1-2H3. The van der Waals surface area contributed by atoms with Gasteiger partial charge >= 0.3 is 0 Å². The van der Waals surface area contributed by atoms with Gasteiger partial charge in [-0.15, -0.1) is 0 Å². The summed E-state index contributed by atoms with van der Waals surface area (Å²) in [6.07, 6.45) is 3.07. The number of amides is 1. The molecule has 0 saturated carbocycles. The van der Waals surface area contributed by atoms with Gasteiger partial charge in [0.2, 0.25) is 15.0 Å². The summed E-state index contributed by atoms with van der Waals surface area (Å²) < 4.78 is 48.6. The van der Waals surface area contributed by atoms with Gasteiger partial charge in [0, 0.05) is 19.7 Å². The molecule has 0 radical (unpaired) electrons. The van der Waals surface area contributed by atoms with Gasteiger partial charge in [-0.2, -0.15) is 0 Å². The number of ether oxygens (including phenoxy) is 1. The minimum atomic E-state index is -3.74. The molecule has 0 bridgehead atoms. The maximum Gasteiger partial charge on any atom is 0.257 e. The molecule has 2 heterocycles. The smallest absolute Gasteiger partial charge is 0.257 e. The Bertz CT molecular complexity index is 1290. The summed E-state index contributed by atoms with van der Waals surface area (Å²) in [6.45, 7) is 5.40. The summed E-state index contributed by atoms with van der Waals surface area (Å²) in [7, 11) is -3.74. The second-order valence-corrected chi connectivity index (χ2v) is 11.5. The summed E-state index contributed by atoms with van der Waals surface area (Å²) in [5, 5.41) is -0.0227. The number of sulfone groups is 1. The maximum absolute atomic E-state index is 14.5. The minimum absolute atomic E-state index is 0.0227. The Morgan fingerprint density at radius 2 is 1.89 bits per heavy atom. The molecule has 36 heavy (non-hydrogen) atoms. The third-order valence-corrected chi connectivity index (χ3v) is 7.71. The molecule has 192 valence electrons. The Kier molecular flexibility index (Phi) is 8.21. The van der Waals surface area contributed by atoms with Gasteiger partial charge in [-0.3, -0.25) is 4.79 Å². The van der Waals surface area contributed by atoms with Crippen LogP contribution in [-0.2, 0) is 33.4 Å². The van der Waals surface area contributed by atoms with E-state index in [1.165, 1.54) is 29.3 Å². The van der Waals surface area contributed by atoms with Gasteiger partial charge in [0.15, 0.2) is 0 Å². The number of carbonyl (C=O) groups excluding carboxylic acids is 1. The molecule has 7 nitrogen and oxygen atoms in total. The van der Waals surface area contributed by atoms with Crippen LogP contribution in [0.4, 0.5) is 4.39 Å². The van der Waals surface area contributed by atoms with E-state index in [2.05, 4.69) is 4.98 Å². The highest BCUT2D eigenvalue weighted by atomic mass is 32.2. The Morgan fingerprint density at radius 3 is 2.56 bits per heavy atom. The van der Waals surface area contributed by atoms with E-state index >= 15 is 0 Å². The van der Waals surface area contributed by atoms with Crippen LogP contribution in [0.5, 0.6) is 0 Å². The summed E-state index contributed by atoms with van der Waals surface area (Å²) >= 11 is 0. The minimum Gasteiger partial charge on any atom is -0.376 e. The van der Waals surface area contributed by atoms with Crippen molar-refractivity contribution in [1.82, 2.24) is 14.5 Å². The zero-order chi connectivity index (χ0) is 25.7. The molecule has 0 spiro atoms. The highest BCUT2D eigenvalue weighted by Gasteiger charge is 2.29. The lowest BCUT2D eigenvalue weighted by atomic mass is 10.1. The van der Waals surface area contributed by atoms with Crippen molar-refractivity contribution in [2.24, 2.45) is 5.92 Å². The topological polar surface area (TPSA) is 81.5 Å². The molecule has 2 aromatic carbocycles. The van der Waals surface area contributed by atoms with Gasteiger partial charge in [0.25, 0.3) is 5.91 Å². The van der Waals surface area contributed by atoms with Crippen LogP contribution in [-0.4, -0.2) is 48.0 Å². The van der Waals surface area contributed by atoms with Crippen LogP contribution in [0.2, 0.25) is 0 Å². The molecule has 0 aliphatic carbocycles. The third-order valence-electron chi connectivity index (χ3n) is 6.12. The first-order valence-corrected chi connectivity index (χ1v) is 13.9. The van der Waals surface area contributed by atoms with E-state index in [9.17, 15) is 17.6 Å². The van der Waals surface area contributed by atoms with Crippen molar-refractivity contribution in [1.29, 1.82) is 0 Å². The number of benzene rings is 2. The fourth-order valence-corrected chi connectivity index (χ4v) is 5.94. The molecule has 1 fully saturated rings. The van der Waals surface area contributed by atoms with E-state index < -0.39 is 21.6 Å². The second kappa shape index (κ2) is 11.3. The number of hydrogen-bond acceptors (Lipinski definition) is 5. The molecule has 3 aromatic rings. The predicted octanol–water partition coefficient (Wildman–Crippen LogP) is 4.47. The fraction of sp³-hybridized carbons (Fsp3) is 0.407. The monoisotopic (exact) mass is 513 g/mol. The van der Waals surface area contributed by atoms with Crippen molar-refractivity contribution in [2.75, 3.05) is 13.2 Å². The van der Waals surface area contributed by atoms with Crippen molar-refractivity contribution in [3.05, 3.63) is 83.4 Å². The summed E-state index contributed by atoms with van der Waals surface area (Å²) in [4.78, 5) is 19.3. The Balaban J connectivity index is 1.67. The molecule has 1 atom stereocenters.